The van der Waals surface area contributed by atoms with E-state index in [1.807, 2.05) is 67.6 Å². The lowest BCUT2D eigenvalue weighted by atomic mass is 9.99. The summed E-state index contributed by atoms with van der Waals surface area (Å²) < 4.78 is 0. The van der Waals surface area contributed by atoms with Crippen LogP contribution < -0.4 is 71.2 Å². The quantitative estimate of drug-likeness (QED) is 0.0314. The Bertz CT molecular complexity index is 3450. The summed E-state index contributed by atoms with van der Waals surface area (Å²) in [4.78, 5) is 156. The second kappa shape index (κ2) is 32.8. The lowest BCUT2D eigenvalue weighted by molar-refractivity contribution is -0.143. The molecule has 4 aromatic carbocycles. The number of unbranched alkanes of at least 4 members (excludes halogenated alkanes) is 1. The van der Waals surface area contributed by atoms with Gasteiger partial charge in [-0.2, -0.15) is 0 Å². The van der Waals surface area contributed by atoms with Crippen LogP contribution in [0.3, 0.4) is 0 Å². The van der Waals surface area contributed by atoms with Crippen LogP contribution in [0.25, 0.3) is 21.7 Å². The predicted octanol–water partition coefficient (Wildman–Crippen LogP) is 0.0777. The van der Waals surface area contributed by atoms with Crippen LogP contribution in [0.1, 0.15) is 101 Å². The second-order valence-corrected chi connectivity index (χ2v) is 22.7. The van der Waals surface area contributed by atoms with Gasteiger partial charge in [-0.3, -0.25) is 52.9 Å². The van der Waals surface area contributed by atoms with E-state index in [-0.39, 0.29) is 95.8 Å². The monoisotopic (exact) mass is 1240 g/mol. The van der Waals surface area contributed by atoms with Gasteiger partial charge in [-0.15, -0.1) is 0 Å². The maximum absolute atomic E-state index is 15.2. The van der Waals surface area contributed by atoms with Crippen LogP contribution in [0.2, 0.25) is 0 Å². The third-order valence-electron chi connectivity index (χ3n) is 15.7. The molecule has 27 nitrogen and oxygen atoms in total. The molecule has 3 heterocycles. The number of hydrogen-bond donors (Lipinski definition) is 14. The Balaban J connectivity index is 1.29. The highest BCUT2D eigenvalue weighted by Gasteiger charge is 2.41. The number of benzene rings is 4. The summed E-state index contributed by atoms with van der Waals surface area (Å²) >= 11 is 0. The molecule has 0 bridgehead atoms. The normalized spacial score (nSPS) is 21.5. The summed E-state index contributed by atoms with van der Waals surface area (Å²) in [5, 5.41) is 24.6. The minimum atomic E-state index is -1.53. The largest absolute Gasteiger partial charge is 0.370 e. The highest BCUT2D eigenvalue weighted by molar-refractivity contribution is 6.00. The second-order valence-electron chi connectivity index (χ2n) is 22.7. The number of carbonyl (C=O) groups excluding carboxylic acids is 10. The summed E-state index contributed by atoms with van der Waals surface area (Å²) in [6.45, 7) is 3.24. The number of aliphatic imine (C=N–C) groups is 2. The lowest BCUT2D eigenvalue weighted by Gasteiger charge is -2.31. The molecule has 2 aliphatic rings. The van der Waals surface area contributed by atoms with Gasteiger partial charge in [-0.1, -0.05) is 92.6 Å². The number of primary amides is 1. The van der Waals surface area contributed by atoms with Gasteiger partial charge in [0.15, 0.2) is 11.9 Å². The van der Waals surface area contributed by atoms with E-state index in [2.05, 4.69) is 57.5 Å². The first-order valence-corrected chi connectivity index (χ1v) is 30.4. The molecule has 8 atom stereocenters. The Labute approximate surface area is 521 Å². The number of guanidine groups is 2. The maximum atomic E-state index is 15.2. The van der Waals surface area contributed by atoms with Gasteiger partial charge in [0.25, 0.3) is 0 Å². The summed E-state index contributed by atoms with van der Waals surface area (Å²) in [5.41, 5.74) is 31.4. The van der Waals surface area contributed by atoms with Gasteiger partial charge in [0.2, 0.25) is 59.1 Å². The van der Waals surface area contributed by atoms with Gasteiger partial charge in [0.05, 0.1) is 12.1 Å². The van der Waals surface area contributed by atoms with Crippen molar-refractivity contribution in [3.63, 3.8) is 0 Å². The molecule has 0 aliphatic carbocycles. The molecular formula is C63H83N17O10. The first-order valence-electron chi connectivity index (χ1n) is 30.4. The van der Waals surface area contributed by atoms with Crippen LogP contribution in [0.4, 0.5) is 5.69 Å². The van der Waals surface area contributed by atoms with Crippen molar-refractivity contribution in [1.29, 1.82) is 0 Å². The number of nitrogens with two attached hydrogens (primary N) is 5. The summed E-state index contributed by atoms with van der Waals surface area (Å²) in [6.07, 6.45) is 3.09. The van der Waals surface area contributed by atoms with Crippen molar-refractivity contribution in [2.45, 2.75) is 152 Å². The van der Waals surface area contributed by atoms with Gasteiger partial charge in [-0.25, -0.2) is 4.99 Å². The Morgan fingerprint density at radius 1 is 0.667 bits per heavy atom. The Kier molecular flexibility index (Phi) is 24.6. The zero-order valence-corrected chi connectivity index (χ0v) is 50.7. The fraction of sp³-hybridized carbons (Fsp3) is 0.429. The molecule has 480 valence electrons. The number of aromatic amines is 1. The van der Waals surface area contributed by atoms with Gasteiger partial charge < -0.3 is 81.1 Å². The number of H-pyrrole nitrogens is 1. The number of carbonyl (C=O) groups is 10. The molecule has 7 rings (SSSR count). The molecule has 27 heteroatoms. The van der Waals surface area contributed by atoms with Crippen molar-refractivity contribution in [1.82, 2.24) is 52.4 Å². The van der Waals surface area contributed by atoms with Gasteiger partial charge in [0.1, 0.15) is 48.3 Å². The molecule has 0 spiro atoms. The van der Waals surface area contributed by atoms with Crippen molar-refractivity contribution >= 4 is 98.4 Å². The molecular weight excluding hydrogens is 1150 g/mol. The third-order valence-corrected chi connectivity index (χ3v) is 15.7. The number of amides is 10. The number of aromatic nitrogens is 1. The number of nitrogens with one attached hydrogen (secondary N) is 9. The number of para-hydroxylation sites is 1. The molecule has 10 amide bonds. The van der Waals surface area contributed by atoms with Crippen LogP contribution in [0.15, 0.2) is 107 Å². The van der Waals surface area contributed by atoms with Crippen LogP contribution in [-0.2, 0) is 67.2 Å². The smallest absolute Gasteiger partial charge is 0.246 e. The van der Waals surface area contributed by atoms with Crippen LogP contribution >= 0.6 is 0 Å². The van der Waals surface area contributed by atoms with E-state index in [0.717, 1.165) is 21.7 Å². The molecule has 5 aromatic rings. The van der Waals surface area contributed by atoms with Crippen molar-refractivity contribution in [2.24, 2.45) is 38.7 Å². The summed E-state index contributed by atoms with van der Waals surface area (Å²) in [5.74, 6) is -7.99. The Morgan fingerprint density at radius 3 is 1.99 bits per heavy atom. The van der Waals surface area contributed by atoms with Crippen molar-refractivity contribution in [3.8, 4) is 0 Å². The van der Waals surface area contributed by atoms with E-state index in [9.17, 15) is 33.6 Å². The average Bonchev–Trinajstić information content (AvgIpc) is 1.79. The minimum Gasteiger partial charge on any atom is -0.370 e. The zero-order chi connectivity index (χ0) is 64.9. The van der Waals surface area contributed by atoms with E-state index in [0.29, 0.717) is 41.6 Å². The predicted molar refractivity (Wildman–Crippen MR) is 339 cm³/mol. The van der Waals surface area contributed by atoms with Gasteiger partial charge in [-0.05, 0) is 97.0 Å². The number of rotatable bonds is 18. The highest BCUT2D eigenvalue weighted by Crippen LogP contribution is 2.24. The Hall–Kier alpha value is -10.1. The lowest BCUT2D eigenvalue weighted by Crippen LogP contribution is -2.61. The molecule has 90 heavy (non-hydrogen) atoms. The molecule has 0 saturated carbocycles. The molecule has 2 saturated heterocycles. The van der Waals surface area contributed by atoms with E-state index in [4.69, 9.17) is 28.7 Å². The Morgan fingerprint density at radius 2 is 1.30 bits per heavy atom. The van der Waals surface area contributed by atoms with E-state index in [1.54, 1.807) is 36.5 Å². The molecule has 1 aromatic heterocycles. The maximum Gasteiger partial charge on any atom is 0.246 e. The first-order chi connectivity index (χ1) is 43.1. The summed E-state index contributed by atoms with van der Waals surface area (Å²) in [6, 6.07) is 16.0. The number of hydrogen-bond acceptors (Lipinski definition) is 12. The fourth-order valence-electron chi connectivity index (χ4n) is 11.1. The SMILES string of the molecule is CCCC[C@H](NC(C)=O)C(=O)N[C@H]1CC(=O)NCCCC[C@@H](C(N)=O)NC(=O)[C@H](Cc2ccc(N=C(N)N)cc2)NC(=O)[C@H](Cc2c[nH]c3ccccc23)NC(=O)[C@H](CCCN=C(N)N)NC(=O)[C@@H](Cc2ccc3ccccc3c2)NC(=O)[C@@H]2CCCN2C1=O. The van der Waals surface area contributed by atoms with Gasteiger partial charge in [0, 0.05) is 62.9 Å². The minimum absolute atomic E-state index is 0.0125. The van der Waals surface area contributed by atoms with E-state index >= 15 is 14.4 Å². The number of fused-ring (bicyclic) bond motifs is 3. The summed E-state index contributed by atoms with van der Waals surface area (Å²) in [7, 11) is 0. The van der Waals surface area contributed by atoms with Crippen LogP contribution in [0, 0.1) is 0 Å². The van der Waals surface area contributed by atoms with Crippen LogP contribution in [0.5, 0.6) is 0 Å². The molecule has 0 unspecified atom stereocenters. The molecule has 2 fully saturated rings. The van der Waals surface area contributed by atoms with Crippen molar-refractivity contribution in [2.75, 3.05) is 19.6 Å². The molecule has 0 radical (unpaired) electrons. The van der Waals surface area contributed by atoms with Crippen molar-refractivity contribution in [3.05, 3.63) is 114 Å². The van der Waals surface area contributed by atoms with Crippen molar-refractivity contribution < 1.29 is 47.9 Å². The molecule has 19 N–H and O–H groups in total. The third kappa shape index (κ3) is 19.7. The molecule has 2 aliphatic heterocycles. The fourth-order valence-corrected chi connectivity index (χ4v) is 11.1. The standard InChI is InChI=1S/C63H83N17O10/c1-3-4-16-46(72-36(2)81)55(84)79-51-34-53(82)69-27-10-9-18-45(54(64)83)74-57(86)48(31-37-22-25-42(26-23-37)73-63(67)68)76-59(88)50(33-41-35-71-44-17-8-7-15-43(41)44)77-56(85)47(19-11-28-70-62(65)66)75-58(87)49(78-60(89)52-20-12-29-80(52)61(51)90)32-38-21-24-39-13-5-6-14-40(39)30-38/h5-8,13-15,17,21-26,30,35,45-52,71H,3-4,9-12,16,18-20,27-29,31-34H2,1-2H3,(H2,64,83)(H,69,82)(H,72,81)(H,74,86)(H,75,87)(H,76,88)(H,77,85)(H,78,89)(H,79,84)(H4,65,66,70)(H4,67,68,73)/t45-,46-,47-,48-,49+,50-,51-,52-/m0/s1. The zero-order valence-electron chi connectivity index (χ0n) is 50.7. The van der Waals surface area contributed by atoms with E-state index < -0.39 is 114 Å². The topological polar surface area (TPSA) is 441 Å². The average molecular weight is 1240 g/mol. The van der Waals surface area contributed by atoms with Crippen LogP contribution in [-0.4, -0.2) is 149 Å². The highest BCUT2D eigenvalue weighted by atomic mass is 16.2. The first kappa shape index (κ1) is 67.4. The van der Waals surface area contributed by atoms with E-state index in [1.165, 1.54) is 11.8 Å². The van der Waals surface area contributed by atoms with Gasteiger partial charge >= 0.3 is 0 Å². The number of nitrogens with zero attached hydrogens (tertiary/aromatic N) is 3.